The average Bonchev–Trinajstić information content (AvgIpc) is 3.00. The first kappa shape index (κ1) is 15.0. The summed E-state index contributed by atoms with van der Waals surface area (Å²) in [6.45, 7) is 1.90. The largest absolute Gasteiger partial charge is 0.469 e. The third-order valence-electron chi connectivity index (χ3n) is 4.22. The van der Waals surface area contributed by atoms with Gasteiger partial charge in [-0.05, 0) is 38.6 Å². The molecule has 1 saturated heterocycles. The highest BCUT2D eigenvalue weighted by molar-refractivity contribution is 5.80. The summed E-state index contributed by atoms with van der Waals surface area (Å²) >= 11 is 0. The van der Waals surface area contributed by atoms with Crippen LogP contribution in [-0.2, 0) is 14.3 Å². The fourth-order valence-electron chi connectivity index (χ4n) is 2.97. The molecule has 0 bridgehead atoms. The summed E-state index contributed by atoms with van der Waals surface area (Å²) in [4.78, 5) is 27.7. The quantitative estimate of drug-likeness (QED) is 0.730. The number of hydrogen-bond acceptors (Lipinski definition) is 4. The lowest BCUT2D eigenvalue weighted by molar-refractivity contribution is -0.148. The SMILES string of the molecule is COC(=O)[C@H]1CCCN(CC(=O)N(C)C2=CCCC2)C1. The van der Waals surface area contributed by atoms with Gasteiger partial charge in [-0.2, -0.15) is 0 Å². The molecule has 0 aromatic rings. The highest BCUT2D eigenvalue weighted by atomic mass is 16.5. The number of carbonyl (C=O) groups is 2. The number of likely N-dealkylation sites (N-methyl/N-ethyl adjacent to an activating group) is 1. The number of carbonyl (C=O) groups excluding carboxylic acids is 2. The van der Waals surface area contributed by atoms with Crippen molar-refractivity contribution in [3.63, 3.8) is 0 Å². The van der Waals surface area contributed by atoms with Crippen molar-refractivity contribution in [2.45, 2.75) is 32.1 Å². The molecule has 1 atom stereocenters. The third kappa shape index (κ3) is 3.60. The molecule has 1 aliphatic heterocycles. The number of methoxy groups -OCH3 is 1. The van der Waals surface area contributed by atoms with E-state index in [0.29, 0.717) is 13.1 Å². The molecule has 0 aromatic heterocycles. The van der Waals surface area contributed by atoms with E-state index >= 15 is 0 Å². The molecular weight excluding hydrogens is 256 g/mol. The third-order valence-corrected chi connectivity index (χ3v) is 4.22. The standard InChI is InChI=1S/C15H24N2O3/c1-16(13-7-3-4-8-13)14(18)11-17-9-5-6-12(10-17)15(19)20-2/h7,12H,3-6,8-11H2,1-2H3/t12-/m0/s1. The number of amides is 1. The molecule has 20 heavy (non-hydrogen) atoms. The Bertz CT molecular complexity index is 406. The highest BCUT2D eigenvalue weighted by Gasteiger charge is 2.28. The molecule has 2 rings (SSSR count). The van der Waals surface area contributed by atoms with Gasteiger partial charge >= 0.3 is 5.97 Å². The fraction of sp³-hybridized carbons (Fsp3) is 0.733. The van der Waals surface area contributed by atoms with E-state index in [9.17, 15) is 9.59 Å². The van der Waals surface area contributed by atoms with Crippen LogP contribution in [0.1, 0.15) is 32.1 Å². The Balaban J connectivity index is 1.85. The van der Waals surface area contributed by atoms with Crippen molar-refractivity contribution in [3.05, 3.63) is 11.8 Å². The molecule has 5 nitrogen and oxygen atoms in total. The van der Waals surface area contributed by atoms with E-state index in [1.54, 1.807) is 4.90 Å². The zero-order chi connectivity index (χ0) is 14.5. The minimum Gasteiger partial charge on any atom is -0.469 e. The van der Waals surface area contributed by atoms with Gasteiger partial charge in [0.2, 0.25) is 5.91 Å². The second kappa shape index (κ2) is 6.88. The van der Waals surface area contributed by atoms with Crippen LogP contribution in [-0.4, -0.2) is 55.5 Å². The van der Waals surface area contributed by atoms with E-state index < -0.39 is 0 Å². The molecule has 0 aromatic carbocycles. The summed E-state index contributed by atoms with van der Waals surface area (Å²) in [6.07, 6.45) is 7.15. The van der Waals surface area contributed by atoms with Crippen LogP contribution >= 0.6 is 0 Å². The van der Waals surface area contributed by atoms with Crippen molar-refractivity contribution in [3.8, 4) is 0 Å². The first-order valence-electron chi connectivity index (χ1n) is 7.37. The number of piperidine rings is 1. The second-order valence-electron chi connectivity index (χ2n) is 5.64. The number of likely N-dealkylation sites (tertiary alicyclic amines) is 1. The minimum atomic E-state index is -0.158. The number of ether oxygens (including phenoxy) is 1. The zero-order valence-electron chi connectivity index (χ0n) is 12.4. The van der Waals surface area contributed by atoms with Crippen LogP contribution in [0.15, 0.2) is 11.8 Å². The molecule has 2 aliphatic rings. The topological polar surface area (TPSA) is 49.9 Å². The van der Waals surface area contributed by atoms with Gasteiger partial charge in [-0.3, -0.25) is 14.5 Å². The van der Waals surface area contributed by atoms with Gasteiger partial charge in [0.05, 0.1) is 19.6 Å². The Labute approximate surface area is 120 Å². The number of allylic oxidation sites excluding steroid dienone is 2. The summed E-state index contributed by atoms with van der Waals surface area (Å²) in [5, 5.41) is 0. The summed E-state index contributed by atoms with van der Waals surface area (Å²) < 4.78 is 4.80. The van der Waals surface area contributed by atoms with Gasteiger partial charge in [-0.15, -0.1) is 0 Å². The molecular formula is C15H24N2O3. The van der Waals surface area contributed by atoms with Gasteiger partial charge in [-0.25, -0.2) is 0 Å². The lowest BCUT2D eigenvalue weighted by Gasteiger charge is -2.32. The van der Waals surface area contributed by atoms with Crippen molar-refractivity contribution in [1.29, 1.82) is 0 Å². The lowest BCUT2D eigenvalue weighted by Crippen LogP contribution is -2.44. The van der Waals surface area contributed by atoms with Gasteiger partial charge in [0.15, 0.2) is 0 Å². The van der Waals surface area contributed by atoms with Crippen LogP contribution in [0, 0.1) is 5.92 Å². The van der Waals surface area contributed by atoms with Crippen LogP contribution in [0.2, 0.25) is 0 Å². The molecule has 0 unspecified atom stereocenters. The Morgan fingerprint density at radius 2 is 2.25 bits per heavy atom. The predicted octanol–water partition coefficient (Wildman–Crippen LogP) is 1.40. The van der Waals surface area contributed by atoms with Crippen LogP contribution < -0.4 is 0 Å². The Kier molecular flexibility index (Phi) is 5.17. The zero-order valence-corrected chi connectivity index (χ0v) is 12.4. The lowest BCUT2D eigenvalue weighted by atomic mass is 9.98. The minimum absolute atomic E-state index is 0.0856. The molecule has 1 heterocycles. The molecule has 0 N–H and O–H groups in total. The Morgan fingerprint density at radius 1 is 1.45 bits per heavy atom. The van der Waals surface area contributed by atoms with Crippen molar-refractivity contribution in [2.75, 3.05) is 33.8 Å². The van der Waals surface area contributed by atoms with E-state index in [4.69, 9.17) is 4.74 Å². The maximum absolute atomic E-state index is 12.3. The second-order valence-corrected chi connectivity index (χ2v) is 5.64. The molecule has 1 aliphatic carbocycles. The molecule has 5 heteroatoms. The number of rotatable bonds is 4. The molecule has 1 fully saturated rings. The average molecular weight is 280 g/mol. The first-order chi connectivity index (χ1) is 9.61. The molecule has 1 amide bonds. The van der Waals surface area contributed by atoms with Crippen molar-refractivity contribution < 1.29 is 14.3 Å². The normalized spacial score (nSPS) is 23.3. The Hall–Kier alpha value is -1.36. The number of hydrogen-bond donors (Lipinski definition) is 0. The summed E-state index contributed by atoms with van der Waals surface area (Å²) in [5.74, 6) is -0.129. The smallest absolute Gasteiger partial charge is 0.309 e. The van der Waals surface area contributed by atoms with E-state index in [2.05, 4.69) is 11.0 Å². The van der Waals surface area contributed by atoms with E-state index in [1.165, 1.54) is 7.11 Å². The number of nitrogens with zero attached hydrogens (tertiary/aromatic N) is 2. The predicted molar refractivity (Wildman–Crippen MR) is 75.9 cm³/mol. The highest BCUT2D eigenvalue weighted by Crippen LogP contribution is 2.21. The fourth-order valence-corrected chi connectivity index (χ4v) is 2.97. The van der Waals surface area contributed by atoms with Gasteiger partial charge < -0.3 is 9.64 Å². The van der Waals surface area contributed by atoms with Gasteiger partial charge in [-0.1, -0.05) is 6.08 Å². The molecule has 112 valence electrons. The molecule has 0 radical (unpaired) electrons. The van der Waals surface area contributed by atoms with E-state index in [0.717, 1.165) is 44.3 Å². The first-order valence-corrected chi connectivity index (χ1v) is 7.37. The number of esters is 1. The van der Waals surface area contributed by atoms with Crippen molar-refractivity contribution in [1.82, 2.24) is 9.80 Å². The summed E-state index contributed by atoms with van der Waals surface area (Å²) in [7, 11) is 3.27. The molecule has 0 saturated carbocycles. The van der Waals surface area contributed by atoms with Crippen LogP contribution in [0.3, 0.4) is 0 Å². The van der Waals surface area contributed by atoms with Crippen LogP contribution in [0.5, 0.6) is 0 Å². The van der Waals surface area contributed by atoms with Crippen LogP contribution in [0.25, 0.3) is 0 Å². The van der Waals surface area contributed by atoms with Gasteiger partial charge in [0, 0.05) is 19.3 Å². The van der Waals surface area contributed by atoms with Crippen molar-refractivity contribution in [2.24, 2.45) is 5.92 Å². The van der Waals surface area contributed by atoms with Gasteiger partial charge in [0.1, 0.15) is 0 Å². The Morgan fingerprint density at radius 3 is 2.90 bits per heavy atom. The van der Waals surface area contributed by atoms with E-state index in [-0.39, 0.29) is 17.8 Å². The monoisotopic (exact) mass is 280 g/mol. The van der Waals surface area contributed by atoms with Gasteiger partial charge in [0.25, 0.3) is 0 Å². The van der Waals surface area contributed by atoms with E-state index in [1.807, 2.05) is 7.05 Å². The molecule has 0 spiro atoms. The summed E-state index contributed by atoms with van der Waals surface area (Å²) in [5.41, 5.74) is 1.14. The summed E-state index contributed by atoms with van der Waals surface area (Å²) in [6, 6.07) is 0. The maximum Gasteiger partial charge on any atom is 0.309 e. The maximum atomic E-state index is 12.3. The van der Waals surface area contributed by atoms with Crippen LogP contribution in [0.4, 0.5) is 0 Å². The van der Waals surface area contributed by atoms with Crippen molar-refractivity contribution >= 4 is 11.9 Å².